The van der Waals surface area contributed by atoms with Gasteiger partial charge in [0, 0.05) is 6.61 Å². The van der Waals surface area contributed by atoms with Crippen molar-refractivity contribution in [2.24, 2.45) is 11.3 Å². The van der Waals surface area contributed by atoms with E-state index in [-0.39, 0.29) is 29.1 Å². The Hall–Kier alpha value is -1.42. The monoisotopic (exact) mass is 279 g/mol. The van der Waals surface area contributed by atoms with Crippen molar-refractivity contribution in [3.8, 4) is 0 Å². The number of carbonyl (C=O) groups excluding carboxylic acids is 1. The van der Waals surface area contributed by atoms with Gasteiger partial charge in [-0.15, -0.1) is 0 Å². The van der Waals surface area contributed by atoms with Gasteiger partial charge in [0.15, 0.2) is 0 Å². The molecule has 1 N–H and O–H groups in total. The molecule has 0 bridgehead atoms. The van der Waals surface area contributed by atoms with Crippen LogP contribution >= 0.6 is 0 Å². The van der Waals surface area contributed by atoms with Gasteiger partial charge in [0.05, 0.1) is 18.6 Å². The normalized spacial score (nSPS) is 20.7. The van der Waals surface area contributed by atoms with E-state index in [1.807, 2.05) is 26.8 Å². The van der Waals surface area contributed by atoms with E-state index in [0.717, 1.165) is 12.0 Å². The molecule has 0 aromatic heterocycles. The highest BCUT2D eigenvalue weighted by atomic mass is 19.1. The van der Waals surface area contributed by atoms with Gasteiger partial charge in [-0.2, -0.15) is 0 Å². The molecule has 0 spiro atoms. The second-order valence-electron chi connectivity index (χ2n) is 6.42. The van der Waals surface area contributed by atoms with E-state index in [4.69, 9.17) is 4.74 Å². The van der Waals surface area contributed by atoms with Crippen LogP contribution in [0, 0.1) is 17.2 Å². The van der Waals surface area contributed by atoms with Crippen LogP contribution in [0.3, 0.4) is 0 Å². The molecule has 1 aromatic rings. The minimum Gasteiger partial charge on any atom is -0.381 e. The lowest BCUT2D eigenvalue weighted by Crippen LogP contribution is -2.40. The van der Waals surface area contributed by atoms with Gasteiger partial charge in [-0.25, -0.2) is 4.39 Å². The summed E-state index contributed by atoms with van der Waals surface area (Å²) in [5.41, 5.74) is 0.605. The lowest BCUT2D eigenvalue weighted by atomic mass is 9.82. The first-order chi connectivity index (χ1) is 9.38. The van der Waals surface area contributed by atoms with Crippen LogP contribution in [0.4, 0.5) is 4.39 Å². The maximum atomic E-state index is 13.4. The van der Waals surface area contributed by atoms with Crippen LogP contribution < -0.4 is 5.32 Å². The van der Waals surface area contributed by atoms with E-state index in [9.17, 15) is 9.18 Å². The number of hydrogen-bond acceptors (Lipinski definition) is 2. The number of rotatable bonds is 3. The number of nitrogens with one attached hydrogen (secondary N) is 1. The molecule has 1 saturated heterocycles. The molecule has 0 aliphatic carbocycles. The van der Waals surface area contributed by atoms with E-state index in [1.165, 1.54) is 12.1 Å². The fourth-order valence-electron chi connectivity index (χ4n) is 2.49. The molecule has 1 aliphatic rings. The molecule has 1 amide bonds. The van der Waals surface area contributed by atoms with Crippen LogP contribution in [0.1, 0.15) is 38.8 Å². The van der Waals surface area contributed by atoms with Crippen molar-refractivity contribution >= 4 is 5.91 Å². The third-order valence-corrected chi connectivity index (χ3v) is 3.64. The molecule has 20 heavy (non-hydrogen) atoms. The second-order valence-corrected chi connectivity index (χ2v) is 6.42. The largest absolute Gasteiger partial charge is 0.381 e. The van der Waals surface area contributed by atoms with Crippen LogP contribution in [0.25, 0.3) is 0 Å². The molecule has 0 unspecified atom stereocenters. The summed E-state index contributed by atoms with van der Waals surface area (Å²) in [5, 5.41) is 3.06. The lowest BCUT2D eigenvalue weighted by Gasteiger charge is -2.32. The van der Waals surface area contributed by atoms with Crippen LogP contribution in [-0.4, -0.2) is 19.1 Å². The Morgan fingerprint density at radius 3 is 2.75 bits per heavy atom. The summed E-state index contributed by atoms with van der Waals surface area (Å²) in [7, 11) is 0. The minimum atomic E-state index is -0.282. The molecule has 2 atom stereocenters. The topological polar surface area (TPSA) is 38.3 Å². The molecule has 4 heteroatoms. The van der Waals surface area contributed by atoms with Crippen LogP contribution in [0.2, 0.25) is 0 Å². The van der Waals surface area contributed by atoms with Crippen molar-refractivity contribution < 1.29 is 13.9 Å². The summed E-state index contributed by atoms with van der Waals surface area (Å²) in [6.07, 6.45) is 0.756. The van der Waals surface area contributed by atoms with Gasteiger partial charge >= 0.3 is 0 Å². The van der Waals surface area contributed by atoms with Gasteiger partial charge in [0.25, 0.3) is 0 Å². The molecule has 0 radical (unpaired) electrons. The van der Waals surface area contributed by atoms with Gasteiger partial charge < -0.3 is 10.1 Å². The van der Waals surface area contributed by atoms with E-state index in [1.54, 1.807) is 6.07 Å². The van der Waals surface area contributed by atoms with Crippen molar-refractivity contribution in [3.63, 3.8) is 0 Å². The Bertz CT molecular complexity index is 476. The number of amides is 1. The average Bonchev–Trinajstić information content (AvgIpc) is 2.88. The zero-order valence-corrected chi connectivity index (χ0v) is 12.3. The third kappa shape index (κ3) is 3.57. The van der Waals surface area contributed by atoms with E-state index in [0.29, 0.717) is 13.2 Å². The molecule has 1 fully saturated rings. The Kier molecular flexibility index (Phi) is 4.43. The fraction of sp³-hybridized carbons (Fsp3) is 0.562. The highest BCUT2D eigenvalue weighted by molar-refractivity contribution is 5.79. The van der Waals surface area contributed by atoms with Gasteiger partial charge in [-0.05, 0) is 29.5 Å². The molecular formula is C16H22FNO2. The summed E-state index contributed by atoms with van der Waals surface area (Å²) in [6, 6.07) is 6.21. The van der Waals surface area contributed by atoms with Crippen molar-refractivity contribution in [3.05, 3.63) is 35.6 Å². The van der Waals surface area contributed by atoms with Crippen molar-refractivity contribution in [1.82, 2.24) is 5.32 Å². The summed E-state index contributed by atoms with van der Waals surface area (Å²) in [4.78, 5) is 12.3. The first-order valence-corrected chi connectivity index (χ1v) is 7.01. The number of carbonyl (C=O) groups is 1. The van der Waals surface area contributed by atoms with Gasteiger partial charge in [0.1, 0.15) is 5.82 Å². The molecule has 110 valence electrons. The first-order valence-electron chi connectivity index (χ1n) is 7.01. The molecule has 2 rings (SSSR count). The maximum absolute atomic E-state index is 13.4. The third-order valence-electron chi connectivity index (χ3n) is 3.64. The molecule has 1 heterocycles. The minimum absolute atomic E-state index is 0.00770. The molecule has 1 aromatic carbocycles. The SMILES string of the molecule is CC(C)(C)[C@H](NC(=O)[C@@H]1CCOC1)c1cccc(F)c1. The number of halogens is 1. The highest BCUT2D eigenvalue weighted by Gasteiger charge is 2.31. The van der Waals surface area contributed by atoms with E-state index in [2.05, 4.69) is 5.32 Å². The summed E-state index contributed by atoms with van der Waals surface area (Å²) >= 11 is 0. The van der Waals surface area contributed by atoms with Crippen molar-refractivity contribution in [1.29, 1.82) is 0 Å². The highest BCUT2D eigenvalue weighted by Crippen LogP contribution is 2.33. The smallest absolute Gasteiger partial charge is 0.226 e. The predicted octanol–water partition coefficient (Wildman–Crippen LogP) is 3.07. The summed E-state index contributed by atoms with van der Waals surface area (Å²) in [6.45, 7) is 7.22. The first kappa shape index (κ1) is 15.0. The van der Waals surface area contributed by atoms with Gasteiger partial charge in [0.2, 0.25) is 5.91 Å². The lowest BCUT2D eigenvalue weighted by molar-refractivity contribution is -0.126. The quantitative estimate of drug-likeness (QED) is 0.923. The Morgan fingerprint density at radius 1 is 1.45 bits per heavy atom. The zero-order valence-electron chi connectivity index (χ0n) is 12.3. The Labute approximate surface area is 119 Å². The Morgan fingerprint density at radius 2 is 2.20 bits per heavy atom. The Balaban J connectivity index is 2.18. The van der Waals surface area contributed by atoms with Crippen molar-refractivity contribution in [2.45, 2.75) is 33.2 Å². The zero-order chi connectivity index (χ0) is 14.8. The van der Waals surface area contributed by atoms with E-state index >= 15 is 0 Å². The standard InChI is InChI=1S/C16H22FNO2/c1-16(2,3)14(11-5-4-6-13(17)9-11)18-15(19)12-7-8-20-10-12/h4-6,9,12,14H,7-8,10H2,1-3H3,(H,18,19)/t12-,14-/m1/s1. The summed E-state index contributed by atoms with van der Waals surface area (Å²) < 4.78 is 18.7. The number of hydrogen-bond donors (Lipinski definition) is 1. The van der Waals surface area contributed by atoms with E-state index < -0.39 is 0 Å². The fourth-order valence-corrected chi connectivity index (χ4v) is 2.49. The average molecular weight is 279 g/mol. The number of ether oxygens (including phenoxy) is 1. The molecular weight excluding hydrogens is 257 g/mol. The maximum Gasteiger partial charge on any atom is 0.226 e. The predicted molar refractivity (Wildman–Crippen MR) is 75.7 cm³/mol. The summed E-state index contributed by atoms with van der Waals surface area (Å²) in [5.74, 6) is -0.379. The number of benzene rings is 1. The second kappa shape index (κ2) is 5.92. The molecule has 3 nitrogen and oxygen atoms in total. The van der Waals surface area contributed by atoms with Crippen LogP contribution in [0.5, 0.6) is 0 Å². The van der Waals surface area contributed by atoms with Crippen molar-refractivity contribution in [2.75, 3.05) is 13.2 Å². The van der Waals surface area contributed by atoms with Gasteiger partial charge in [-0.1, -0.05) is 32.9 Å². The molecule has 1 aliphatic heterocycles. The van der Waals surface area contributed by atoms with Crippen LogP contribution in [-0.2, 0) is 9.53 Å². The van der Waals surface area contributed by atoms with Gasteiger partial charge in [-0.3, -0.25) is 4.79 Å². The molecule has 0 saturated carbocycles. The van der Waals surface area contributed by atoms with Crippen LogP contribution in [0.15, 0.2) is 24.3 Å².